The van der Waals surface area contributed by atoms with Crippen LogP contribution in [-0.2, 0) is 14.3 Å². The molecule has 1 amide bonds. The van der Waals surface area contributed by atoms with Crippen molar-refractivity contribution in [1.29, 1.82) is 0 Å². The van der Waals surface area contributed by atoms with E-state index >= 15 is 0 Å². The van der Waals surface area contributed by atoms with Gasteiger partial charge in [-0.15, -0.1) is 0 Å². The number of hydrogen-bond acceptors (Lipinski definition) is 5. The molecule has 0 heterocycles. The number of allylic oxidation sites excluding steroid dienone is 8. The number of carbonyl (C=O) groups excluding carboxylic acids is 2. The lowest BCUT2D eigenvalue weighted by atomic mass is 10.0. The number of hydrogen-bond donors (Lipinski definition) is 3. The minimum absolute atomic E-state index is 0.0503. The van der Waals surface area contributed by atoms with Gasteiger partial charge in [-0.3, -0.25) is 9.59 Å². The van der Waals surface area contributed by atoms with Gasteiger partial charge in [0.15, 0.2) is 0 Å². The van der Waals surface area contributed by atoms with Crippen LogP contribution >= 0.6 is 0 Å². The van der Waals surface area contributed by atoms with Crippen LogP contribution in [-0.4, -0.2) is 47.4 Å². The maximum atomic E-state index is 12.4. The van der Waals surface area contributed by atoms with Crippen molar-refractivity contribution in [3.05, 3.63) is 60.8 Å². The Morgan fingerprint density at radius 1 is 0.431 bits per heavy atom. The van der Waals surface area contributed by atoms with E-state index < -0.39 is 12.1 Å². The molecule has 0 aromatic rings. The zero-order valence-electron chi connectivity index (χ0n) is 43.0. The third-order valence-electron chi connectivity index (χ3n) is 12.5. The Bertz CT molecular complexity index is 1140. The average molecular weight is 911 g/mol. The molecule has 0 rings (SSSR count). The fourth-order valence-corrected chi connectivity index (χ4v) is 8.21. The number of nitrogens with one attached hydrogen (secondary N) is 1. The summed E-state index contributed by atoms with van der Waals surface area (Å²) in [6.45, 7) is 4.75. The molecule has 0 saturated carbocycles. The van der Waals surface area contributed by atoms with Gasteiger partial charge >= 0.3 is 5.97 Å². The Labute approximate surface area is 403 Å². The van der Waals surface area contributed by atoms with Crippen molar-refractivity contribution in [2.45, 2.75) is 289 Å². The number of amides is 1. The van der Waals surface area contributed by atoms with Crippen LogP contribution in [0.25, 0.3) is 0 Å². The summed E-state index contributed by atoms with van der Waals surface area (Å²) in [6, 6.07) is -0.632. The number of ether oxygens (including phenoxy) is 1. The molecule has 6 heteroatoms. The van der Waals surface area contributed by atoms with E-state index in [1.54, 1.807) is 6.08 Å². The molecule has 0 aliphatic carbocycles. The largest absolute Gasteiger partial charge is 0.465 e. The van der Waals surface area contributed by atoms with Gasteiger partial charge in [-0.1, -0.05) is 242 Å². The lowest BCUT2D eigenvalue weighted by Gasteiger charge is -2.20. The molecule has 0 saturated heterocycles. The molecular weight excluding hydrogens is 803 g/mol. The molecule has 0 aromatic carbocycles. The molecule has 0 bridgehead atoms. The van der Waals surface area contributed by atoms with E-state index in [0.29, 0.717) is 19.4 Å². The van der Waals surface area contributed by atoms with Crippen LogP contribution in [0.3, 0.4) is 0 Å². The van der Waals surface area contributed by atoms with Gasteiger partial charge in [0.1, 0.15) is 0 Å². The summed E-state index contributed by atoms with van der Waals surface area (Å²) in [5.41, 5.74) is 0. The first kappa shape index (κ1) is 62.6. The maximum Gasteiger partial charge on any atom is 0.305 e. The van der Waals surface area contributed by atoms with Gasteiger partial charge in [0.05, 0.1) is 25.4 Å². The van der Waals surface area contributed by atoms with Crippen molar-refractivity contribution in [1.82, 2.24) is 5.32 Å². The van der Waals surface area contributed by atoms with Crippen molar-refractivity contribution < 1.29 is 24.5 Å². The Morgan fingerprint density at radius 3 is 1.18 bits per heavy atom. The topological polar surface area (TPSA) is 95.9 Å². The monoisotopic (exact) mass is 910 g/mol. The van der Waals surface area contributed by atoms with Gasteiger partial charge in [0.25, 0.3) is 0 Å². The molecule has 2 atom stereocenters. The molecule has 0 fully saturated rings. The molecule has 0 aliphatic rings. The average Bonchev–Trinajstić information content (AvgIpc) is 3.31. The summed E-state index contributed by atoms with van der Waals surface area (Å²) in [4.78, 5) is 24.4. The molecule has 0 aromatic heterocycles. The quantitative estimate of drug-likeness (QED) is 0.0321. The summed E-state index contributed by atoms with van der Waals surface area (Å²) in [7, 11) is 0. The van der Waals surface area contributed by atoms with Crippen LogP contribution in [0.4, 0.5) is 0 Å². The van der Waals surface area contributed by atoms with Crippen molar-refractivity contribution in [2.75, 3.05) is 13.2 Å². The standard InChI is InChI=1S/C59H107NO5/c1-3-5-7-9-11-13-15-16-17-26-29-33-37-41-45-49-53-59(64)65-54-50-46-42-38-34-30-27-24-22-20-18-19-21-23-25-28-32-36-40-44-48-52-58(63)60-56(55-61)57(62)51-47-43-39-35-31-14-12-10-8-6-4-2/h13,15,17,26,30,34,42,46-47,51,56-57,61-62H,3-12,14,16,18-25,27-29,31-33,35-41,43-45,48-50,52-55H2,1-2H3,(H,60,63)/b15-13-,26-17-,34-30-,46-42-,51-47+. The second kappa shape index (κ2) is 54.2. The molecule has 0 radical (unpaired) electrons. The second-order valence-electron chi connectivity index (χ2n) is 18.9. The van der Waals surface area contributed by atoms with Crippen molar-refractivity contribution in [3.63, 3.8) is 0 Å². The third-order valence-corrected chi connectivity index (χ3v) is 12.5. The number of carbonyl (C=O) groups is 2. The summed E-state index contributed by atoms with van der Waals surface area (Å²) >= 11 is 0. The van der Waals surface area contributed by atoms with Gasteiger partial charge in [-0.05, 0) is 83.5 Å². The Kier molecular flexibility index (Phi) is 52.1. The minimum Gasteiger partial charge on any atom is -0.465 e. The zero-order chi connectivity index (χ0) is 47.2. The van der Waals surface area contributed by atoms with Crippen LogP contribution in [0.2, 0.25) is 0 Å². The van der Waals surface area contributed by atoms with E-state index in [-0.39, 0.29) is 18.5 Å². The molecular formula is C59H107NO5. The van der Waals surface area contributed by atoms with Crippen molar-refractivity contribution >= 4 is 11.9 Å². The smallest absolute Gasteiger partial charge is 0.305 e. The maximum absolute atomic E-state index is 12.4. The highest BCUT2D eigenvalue weighted by Gasteiger charge is 2.18. The zero-order valence-corrected chi connectivity index (χ0v) is 43.0. The second-order valence-corrected chi connectivity index (χ2v) is 18.9. The van der Waals surface area contributed by atoms with Crippen molar-refractivity contribution in [2.24, 2.45) is 0 Å². The lowest BCUT2D eigenvalue weighted by Crippen LogP contribution is -2.45. The predicted molar refractivity (Wildman–Crippen MR) is 282 cm³/mol. The van der Waals surface area contributed by atoms with E-state index in [9.17, 15) is 19.8 Å². The fraction of sp³-hybridized carbons (Fsp3) is 0.797. The molecule has 378 valence electrons. The Hall–Kier alpha value is -2.44. The van der Waals surface area contributed by atoms with Crippen LogP contribution in [0, 0.1) is 0 Å². The molecule has 0 aliphatic heterocycles. The SMILES string of the molecule is CCCCCC/C=C\C/C=C\CCCCCCCC(=O)OCC/C=C\C/C=C\CCCCCCCCCCCCCCCCC(=O)NC(CO)C(O)/C=C/CCCCCCCCCCC. The van der Waals surface area contributed by atoms with Gasteiger partial charge in [0, 0.05) is 12.8 Å². The number of aliphatic hydroxyl groups is 2. The first-order valence-corrected chi connectivity index (χ1v) is 28.1. The highest BCUT2D eigenvalue weighted by molar-refractivity contribution is 5.76. The number of rotatable bonds is 51. The van der Waals surface area contributed by atoms with Gasteiger partial charge in [-0.2, -0.15) is 0 Å². The summed E-state index contributed by atoms with van der Waals surface area (Å²) in [5, 5.41) is 23.0. The predicted octanol–water partition coefficient (Wildman–Crippen LogP) is 17.2. The van der Waals surface area contributed by atoms with Crippen LogP contribution < -0.4 is 5.32 Å². The van der Waals surface area contributed by atoms with Crippen LogP contribution in [0.15, 0.2) is 60.8 Å². The first-order valence-electron chi connectivity index (χ1n) is 28.1. The molecule has 0 spiro atoms. The van der Waals surface area contributed by atoms with Crippen molar-refractivity contribution in [3.8, 4) is 0 Å². The summed E-state index contributed by atoms with van der Waals surface area (Å²) in [6.07, 6.45) is 69.7. The minimum atomic E-state index is -0.848. The van der Waals surface area contributed by atoms with Gasteiger partial charge < -0.3 is 20.3 Å². The molecule has 6 nitrogen and oxygen atoms in total. The summed E-state index contributed by atoms with van der Waals surface area (Å²) in [5.74, 6) is -0.126. The van der Waals surface area contributed by atoms with E-state index in [4.69, 9.17) is 4.74 Å². The Morgan fingerprint density at radius 2 is 0.769 bits per heavy atom. The van der Waals surface area contributed by atoms with E-state index in [0.717, 1.165) is 64.2 Å². The van der Waals surface area contributed by atoms with Crippen LogP contribution in [0.5, 0.6) is 0 Å². The highest BCUT2D eigenvalue weighted by atomic mass is 16.5. The summed E-state index contributed by atoms with van der Waals surface area (Å²) < 4.78 is 5.41. The number of aliphatic hydroxyl groups excluding tert-OH is 2. The molecule has 3 N–H and O–H groups in total. The van der Waals surface area contributed by atoms with Crippen LogP contribution in [0.1, 0.15) is 277 Å². The van der Waals surface area contributed by atoms with Gasteiger partial charge in [-0.25, -0.2) is 0 Å². The molecule has 65 heavy (non-hydrogen) atoms. The normalized spacial score (nSPS) is 13.1. The van der Waals surface area contributed by atoms with E-state index in [1.807, 2.05) is 6.08 Å². The van der Waals surface area contributed by atoms with E-state index in [1.165, 1.54) is 186 Å². The first-order chi connectivity index (χ1) is 32.0. The lowest BCUT2D eigenvalue weighted by molar-refractivity contribution is -0.143. The third kappa shape index (κ3) is 50.8. The fourth-order valence-electron chi connectivity index (χ4n) is 8.21. The van der Waals surface area contributed by atoms with Gasteiger partial charge in [0.2, 0.25) is 5.91 Å². The van der Waals surface area contributed by atoms with E-state index in [2.05, 4.69) is 67.8 Å². The Balaban J connectivity index is 3.48. The number of esters is 1. The molecule has 2 unspecified atom stereocenters. The highest BCUT2D eigenvalue weighted by Crippen LogP contribution is 2.15. The number of unbranched alkanes of at least 4 members (excludes halogenated alkanes) is 32.